The number of ether oxygens (including phenoxy) is 2. The van der Waals surface area contributed by atoms with E-state index in [1.54, 1.807) is 6.92 Å². The lowest BCUT2D eigenvalue weighted by atomic mass is 9.92. The van der Waals surface area contributed by atoms with E-state index in [4.69, 9.17) is 4.74 Å². The molecule has 0 N–H and O–H groups in total. The van der Waals surface area contributed by atoms with Crippen molar-refractivity contribution in [2.45, 2.75) is 63.1 Å². The Morgan fingerprint density at radius 3 is 2.57 bits per heavy atom. The third-order valence-corrected chi connectivity index (χ3v) is 4.03. The van der Waals surface area contributed by atoms with Gasteiger partial charge in [-0.3, -0.25) is 4.79 Å². The number of esters is 1. The molecule has 1 amide bonds. The van der Waals surface area contributed by atoms with Crippen molar-refractivity contribution in [3.8, 4) is 0 Å². The fourth-order valence-corrected chi connectivity index (χ4v) is 3.13. The molecule has 120 valence electrons. The number of nitrogens with zero attached hydrogens (tertiary/aromatic N) is 1. The number of hydrogen-bond acceptors (Lipinski definition) is 4. The first-order valence-electron chi connectivity index (χ1n) is 6.84. The molecule has 0 aromatic heterocycles. The molecule has 2 saturated heterocycles. The van der Waals surface area contributed by atoms with Gasteiger partial charge >= 0.3 is 12.1 Å². The summed E-state index contributed by atoms with van der Waals surface area (Å²) in [7, 11) is 1.23. The smallest absolute Gasteiger partial charge is 0.397 e. The molecular formula is C13H18F3NO4. The summed E-state index contributed by atoms with van der Waals surface area (Å²) in [6.45, 7) is 1.72. The van der Waals surface area contributed by atoms with Crippen LogP contribution in [0.15, 0.2) is 0 Å². The lowest BCUT2D eigenvalue weighted by Crippen LogP contribution is -2.54. The first kappa shape index (κ1) is 16.1. The van der Waals surface area contributed by atoms with Crippen molar-refractivity contribution in [2.24, 2.45) is 0 Å². The average Bonchev–Trinajstić information content (AvgIpc) is 2.79. The Bertz CT molecular complexity index is 426. The molecule has 0 aromatic rings. The Hall–Kier alpha value is -1.31. The number of rotatable bonds is 2. The zero-order valence-corrected chi connectivity index (χ0v) is 11.9. The minimum absolute atomic E-state index is 0.186. The van der Waals surface area contributed by atoms with Gasteiger partial charge in [-0.2, -0.15) is 13.2 Å². The highest BCUT2D eigenvalue weighted by Gasteiger charge is 2.49. The molecule has 0 spiro atoms. The van der Waals surface area contributed by atoms with Gasteiger partial charge in [0.25, 0.3) is 0 Å². The maximum absolute atomic E-state index is 12.4. The van der Waals surface area contributed by atoms with E-state index in [-0.39, 0.29) is 12.5 Å². The highest BCUT2D eigenvalue weighted by molar-refractivity contribution is 5.79. The van der Waals surface area contributed by atoms with Crippen LogP contribution in [0.2, 0.25) is 0 Å². The van der Waals surface area contributed by atoms with Crippen molar-refractivity contribution in [2.75, 3.05) is 7.11 Å². The number of likely N-dealkylation sites (tertiary alicyclic amines) is 1. The summed E-state index contributed by atoms with van der Waals surface area (Å²) in [5, 5.41) is 0. The van der Waals surface area contributed by atoms with Gasteiger partial charge < -0.3 is 14.4 Å². The predicted molar refractivity (Wildman–Crippen MR) is 65.3 cm³/mol. The van der Waals surface area contributed by atoms with Crippen LogP contribution in [0.4, 0.5) is 13.2 Å². The van der Waals surface area contributed by atoms with Crippen LogP contribution in [0.3, 0.4) is 0 Å². The topological polar surface area (TPSA) is 55.8 Å². The second kappa shape index (κ2) is 5.82. The van der Waals surface area contributed by atoms with Gasteiger partial charge in [-0.1, -0.05) is 0 Å². The van der Waals surface area contributed by atoms with Crippen molar-refractivity contribution in [1.82, 2.24) is 4.90 Å². The Labute approximate surface area is 120 Å². The number of fused-ring (bicyclic) bond motifs is 1. The van der Waals surface area contributed by atoms with E-state index in [2.05, 4.69) is 4.74 Å². The molecule has 2 aliphatic rings. The fourth-order valence-electron chi connectivity index (χ4n) is 3.13. The number of alkyl halides is 3. The average molecular weight is 309 g/mol. The first-order valence-corrected chi connectivity index (χ1v) is 6.84. The van der Waals surface area contributed by atoms with Crippen molar-refractivity contribution in [3.05, 3.63) is 0 Å². The molecule has 2 fully saturated rings. The molecule has 2 rings (SSSR count). The van der Waals surface area contributed by atoms with Crippen molar-refractivity contribution >= 4 is 11.9 Å². The van der Waals surface area contributed by atoms with Crippen molar-refractivity contribution in [3.63, 3.8) is 0 Å². The number of carbonyl (C=O) groups excluding carboxylic acids is 2. The van der Waals surface area contributed by atoms with Crippen LogP contribution in [0.5, 0.6) is 0 Å². The molecule has 2 heterocycles. The maximum atomic E-state index is 12.4. The van der Waals surface area contributed by atoms with Gasteiger partial charge in [0.15, 0.2) is 6.10 Å². The van der Waals surface area contributed by atoms with Gasteiger partial charge in [0.2, 0.25) is 5.91 Å². The number of methoxy groups -OCH3 is 1. The molecule has 0 radical (unpaired) electrons. The van der Waals surface area contributed by atoms with Crippen LogP contribution in [-0.4, -0.2) is 54.4 Å². The molecule has 5 nitrogen and oxygen atoms in total. The summed E-state index contributed by atoms with van der Waals surface area (Å²) in [4.78, 5) is 24.7. The van der Waals surface area contributed by atoms with E-state index in [0.29, 0.717) is 12.8 Å². The molecule has 4 atom stereocenters. The number of carbonyl (C=O) groups is 2. The van der Waals surface area contributed by atoms with Crippen LogP contribution in [0.1, 0.15) is 32.6 Å². The molecule has 2 aliphatic heterocycles. The third kappa shape index (κ3) is 3.48. The van der Waals surface area contributed by atoms with Gasteiger partial charge in [-0.05, 0) is 19.8 Å². The lowest BCUT2D eigenvalue weighted by molar-refractivity contribution is -0.167. The first-order chi connectivity index (χ1) is 9.73. The minimum Gasteiger partial charge on any atom is -0.467 e. The molecule has 8 heteroatoms. The normalized spacial score (nSPS) is 32.7. The highest BCUT2D eigenvalue weighted by atomic mass is 19.4. The fraction of sp³-hybridized carbons (Fsp3) is 0.846. The van der Waals surface area contributed by atoms with Gasteiger partial charge in [0.05, 0.1) is 19.3 Å². The van der Waals surface area contributed by atoms with Crippen LogP contribution in [0.25, 0.3) is 0 Å². The van der Waals surface area contributed by atoms with Gasteiger partial charge in [0.1, 0.15) is 6.42 Å². The molecule has 21 heavy (non-hydrogen) atoms. The van der Waals surface area contributed by atoms with E-state index in [9.17, 15) is 22.8 Å². The van der Waals surface area contributed by atoms with E-state index < -0.39 is 42.7 Å². The van der Waals surface area contributed by atoms with E-state index in [0.717, 1.165) is 0 Å². The lowest BCUT2D eigenvalue weighted by Gasteiger charge is -2.41. The van der Waals surface area contributed by atoms with Gasteiger partial charge in [0, 0.05) is 12.5 Å². The standard InChI is InChI=1S/C13H18F3NO4/c1-7-3-4-9-8(5-10(21-9)12(19)20-2)17(7)11(18)6-13(14,15)16/h7-10H,3-6H2,1-2H3/t7-,8-,9+,10+/m1/s1. The largest absolute Gasteiger partial charge is 0.467 e. The summed E-state index contributed by atoms with van der Waals surface area (Å²) in [6, 6.07) is -0.784. The monoisotopic (exact) mass is 309 g/mol. The number of piperidine rings is 1. The van der Waals surface area contributed by atoms with Gasteiger partial charge in [-0.25, -0.2) is 4.79 Å². The van der Waals surface area contributed by atoms with Gasteiger partial charge in [-0.15, -0.1) is 0 Å². The number of halogens is 3. The Balaban J connectivity index is 2.12. The van der Waals surface area contributed by atoms with Crippen LogP contribution >= 0.6 is 0 Å². The maximum Gasteiger partial charge on any atom is 0.397 e. The minimum atomic E-state index is -4.54. The quantitative estimate of drug-likeness (QED) is 0.728. The Kier molecular flexibility index (Phi) is 4.46. The summed E-state index contributed by atoms with van der Waals surface area (Å²) in [6.07, 6.45) is -5.87. The zero-order valence-electron chi connectivity index (χ0n) is 11.9. The van der Waals surface area contributed by atoms with E-state index in [1.165, 1.54) is 12.0 Å². The number of amides is 1. The molecule has 0 bridgehead atoms. The summed E-state index contributed by atoms with van der Waals surface area (Å²) >= 11 is 0. The Morgan fingerprint density at radius 1 is 1.33 bits per heavy atom. The summed E-state index contributed by atoms with van der Waals surface area (Å²) in [5.74, 6) is -1.51. The second-order valence-corrected chi connectivity index (χ2v) is 5.51. The summed E-state index contributed by atoms with van der Waals surface area (Å²) in [5.41, 5.74) is 0. The van der Waals surface area contributed by atoms with E-state index in [1.807, 2.05) is 0 Å². The van der Waals surface area contributed by atoms with Crippen LogP contribution in [0, 0.1) is 0 Å². The summed E-state index contributed by atoms with van der Waals surface area (Å²) < 4.78 is 47.4. The molecule has 0 saturated carbocycles. The Morgan fingerprint density at radius 2 is 2.00 bits per heavy atom. The van der Waals surface area contributed by atoms with Crippen LogP contribution < -0.4 is 0 Å². The highest BCUT2D eigenvalue weighted by Crippen LogP contribution is 2.36. The SMILES string of the molecule is COC(=O)[C@@H]1C[C@@H]2[C@H](CC[C@@H](C)N2C(=O)CC(F)(F)F)O1. The molecule has 0 unspecified atom stereocenters. The predicted octanol–water partition coefficient (Wildman–Crippen LogP) is 1.65. The second-order valence-electron chi connectivity index (χ2n) is 5.51. The van der Waals surface area contributed by atoms with Crippen LogP contribution in [-0.2, 0) is 19.1 Å². The molecular weight excluding hydrogens is 291 g/mol. The van der Waals surface area contributed by atoms with Crippen molar-refractivity contribution < 1.29 is 32.2 Å². The molecule has 0 aliphatic carbocycles. The zero-order chi connectivity index (χ0) is 15.8. The van der Waals surface area contributed by atoms with Crippen molar-refractivity contribution in [1.29, 1.82) is 0 Å². The number of hydrogen-bond donors (Lipinski definition) is 0. The third-order valence-electron chi connectivity index (χ3n) is 4.03. The van der Waals surface area contributed by atoms with E-state index >= 15 is 0 Å². The molecule has 0 aromatic carbocycles.